The highest BCUT2D eigenvalue weighted by Gasteiger charge is 2.32. The van der Waals surface area contributed by atoms with Gasteiger partial charge in [-0.3, -0.25) is 14.4 Å². The number of thioether (sulfide) groups is 1. The van der Waals surface area contributed by atoms with E-state index in [2.05, 4.69) is 16.0 Å². The highest BCUT2D eigenvalue weighted by molar-refractivity contribution is 8.00. The molecule has 2 aromatic rings. The molecule has 0 bridgehead atoms. The summed E-state index contributed by atoms with van der Waals surface area (Å²) < 4.78 is 13.0. The normalized spacial score (nSPS) is 20.9. The van der Waals surface area contributed by atoms with Gasteiger partial charge in [0.25, 0.3) is 0 Å². The van der Waals surface area contributed by atoms with E-state index in [4.69, 9.17) is 0 Å². The molecule has 8 heteroatoms. The molecule has 1 heterocycles. The van der Waals surface area contributed by atoms with Crippen LogP contribution in [0.1, 0.15) is 18.4 Å². The Kier molecular flexibility index (Phi) is 6.03. The van der Waals surface area contributed by atoms with Crippen molar-refractivity contribution in [3.05, 3.63) is 59.9 Å². The summed E-state index contributed by atoms with van der Waals surface area (Å²) in [6.07, 6.45) is 2.37. The van der Waals surface area contributed by atoms with E-state index >= 15 is 0 Å². The Labute approximate surface area is 178 Å². The number of benzene rings is 2. The van der Waals surface area contributed by atoms with Crippen molar-refractivity contribution >= 4 is 40.9 Å². The van der Waals surface area contributed by atoms with Crippen LogP contribution in [0.4, 0.5) is 15.8 Å². The van der Waals surface area contributed by atoms with E-state index in [1.807, 2.05) is 0 Å². The van der Waals surface area contributed by atoms with Crippen molar-refractivity contribution in [2.24, 2.45) is 5.92 Å². The Balaban J connectivity index is 1.27. The van der Waals surface area contributed by atoms with Gasteiger partial charge in [0.1, 0.15) is 11.9 Å². The van der Waals surface area contributed by atoms with Crippen molar-refractivity contribution in [2.75, 3.05) is 16.4 Å². The molecule has 30 heavy (non-hydrogen) atoms. The number of halogens is 1. The quantitative estimate of drug-likeness (QED) is 0.662. The SMILES string of the molecule is O=C(Nc1ccc(NC(=O)C2CSC(Cc3ccc(F)cc3)C(=O)N2)cc1)C1CC1. The minimum absolute atomic E-state index is 0.0314. The molecule has 2 unspecified atom stereocenters. The zero-order valence-corrected chi connectivity index (χ0v) is 17.0. The van der Waals surface area contributed by atoms with Gasteiger partial charge in [-0.15, -0.1) is 11.8 Å². The number of hydrogen-bond donors (Lipinski definition) is 3. The highest BCUT2D eigenvalue weighted by Crippen LogP contribution is 2.30. The number of carbonyl (C=O) groups excluding carboxylic acids is 3. The van der Waals surface area contributed by atoms with Crippen LogP contribution < -0.4 is 16.0 Å². The van der Waals surface area contributed by atoms with Crippen molar-refractivity contribution < 1.29 is 18.8 Å². The Bertz CT molecular complexity index is 945. The molecule has 2 aromatic carbocycles. The van der Waals surface area contributed by atoms with Gasteiger partial charge in [0, 0.05) is 23.0 Å². The Morgan fingerprint density at radius 2 is 1.57 bits per heavy atom. The molecule has 1 saturated heterocycles. The Morgan fingerprint density at radius 1 is 0.967 bits per heavy atom. The van der Waals surface area contributed by atoms with Gasteiger partial charge in [-0.2, -0.15) is 0 Å². The maximum atomic E-state index is 13.0. The second-order valence-corrected chi connectivity index (χ2v) is 8.78. The van der Waals surface area contributed by atoms with E-state index in [1.165, 1.54) is 23.9 Å². The molecule has 0 radical (unpaired) electrons. The van der Waals surface area contributed by atoms with E-state index in [-0.39, 0.29) is 34.7 Å². The van der Waals surface area contributed by atoms with E-state index in [0.717, 1.165) is 18.4 Å². The van der Waals surface area contributed by atoms with Crippen LogP contribution >= 0.6 is 11.8 Å². The first-order valence-corrected chi connectivity index (χ1v) is 10.9. The van der Waals surface area contributed by atoms with Gasteiger partial charge in [0.05, 0.1) is 5.25 Å². The van der Waals surface area contributed by atoms with Gasteiger partial charge in [0.2, 0.25) is 17.7 Å². The summed E-state index contributed by atoms with van der Waals surface area (Å²) in [5.41, 5.74) is 2.16. The van der Waals surface area contributed by atoms with Crippen LogP contribution in [0, 0.1) is 11.7 Å². The third-order valence-electron chi connectivity index (χ3n) is 5.09. The summed E-state index contributed by atoms with van der Waals surface area (Å²) in [5.74, 6) is -0.180. The van der Waals surface area contributed by atoms with Crippen LogP contribution in [0.2, 0.25) is 0 Å². The minimum atomic E-state index is -0.624. The summed E-state index contributed by atoms with van der Waals surface area (Å²) >= 11 is 1.42. The molecule has 0 spiro atoms. The van der Waals surface area contributed by atoms with Gasteiger partial charge >= 0.3 is 0 Å². The maximum absolute atomic E-state index is 13.0. The van der Waals surface area contributed by atoms with Crippen LogP contribution in [0.3, 0.4) is 0 Å². The average Bonchev–Trinajstić information content (AvgIpc) is 3.58. The zero-order valence-electron chi connectivity index (χ0n) is 16.2. The number of amides is 3. The van der Waals surface area contributed by atoms with Crippen LogP contribution in [0.5, 0.6) is 0 Å². The predicted molar refractivity (Wildman–Crippen MR) is 115 cm³/mol. The maximum Gasteiger partial charge on any atom is 0.247 e. The molecule has 6 nitrogen and oxygen atoms in total. The van der Waals surface area contributed by atoms with Gasteiger partial charge < -0.3 is 16.0 Å². The first-order chi connectivity index (χ1) is 14.5. The highest BCUT2D eigenvalue weighted by atomic mass is 32.2. The Morgan fingerprint density at radius 3 is 2.13 bits per heavy atom. The predicted octanol–water partition coefficient (Wildman–Crippen LogP) is 2.96. The second kappa shape index (κ2) is 8.87. The van der Waals surface area contributed by atoms with Crippen molar-refractivity contribution in [3.8, 4) is 0 Å². The molecule has 2 atom stereocenters. The van der Waals surface area contributed by atoms with Crippen molar-refractivity contribution in [1.29, 1.82) is 0 Å². The topological polar surface area (TPSA) is 87.3 Å². The van der Waals surface area contributed by atoms with Crippen molar-refractivity contribution in [1.82, 2.24) is 5.32 Å². The van der Waals surface area contributed by atoms with Crippen molar-refractivity contribution in [3.63, 3.8) is 0 Å². The van der Waals surface area contributed by atoms with E-state index in [1.54, 1.807) is 36.4 Å². The smallest absolute Gasteiger partial charge is 0.247 e. The molecule has 2 aliphatic rings. The molecule has 3 N–H and O–H groups in total. The first kappa shape index (κ1) is 20.4. The fourth-order valence-electron chi connectivity index (χ4n) is 3.18. The number of nitrogens with one attached hydrogen (secondary N) is 3. The molecule has 2 fully saturated rings. The van der Waals surface area contributed by atoms with Crippen LogP contribution in [0.25, 0.3) is 0 Å². The molecule has 4 rings (SSSR count). The summed E-state index contributed by atoms with van der Waals surface area (Å²) in [6.45, 7) is 0. The second-order valence-electron chi connectivity index (χ2n) is 7.54. The van der Waals surface area contributed by atoms with E-state index in [0.29, 0.717) is 23.5 Å². The molecule has 3 amide bonds. The number of carbonyl (C=O) groups is 3. The summed E-state index contributed by atoms with van der Waals surface area (Å²) in [5, 5.41) is 8.11. The molecule has 1 aliphatic carbocycles. The van der Waals surface area contributed by atoms with Gasteiger partial charge in [-0.1, -0.05) is 12.1 Å². The molecule has 156 valence electrons. The standard InChI is InChI=1S/C22H22FN3O3S/c23-15-5-1-13(2-6-15)11-19-22(29)26-18(12-30-19)21(28)25-17-9-7-16(8-10-17)24-20(27)14-3-4-14/h1-2,5-10,14,18-19H,3-4,11-12H2,(H,24,27)(H,25,28)(H,26,29). The van der Waals surface area contributed by atoms with E-state index in [9.17, 15) is 18.8 Å². The zero-order chi connectivity index (χ0) is 21.1. The molecule has 0 aromatic heterocycles. The largest absolute Gasteiger partial charge is 0.343 e. The number of rotatable bonds is 6. The Hall–Kier alpha value is -2.87. The summed E-state index contributed by atoms with van der Waals surface area (Å²) in [7, 11) is 0. The third kappa shape index (κ3) is 5.18. The molecule has 1 aliphatic heterocycles. The van der Waals surface area contributed by atoms with Gasteiger partial charge in [0.15, 0.2) is 0 Å². The monoisotopic (exact) mass is 427 g/mol. The minimum Gasteiger partial charge on any atom is -0.343 e. The van der Waals surface area contributed by atoms with Crippen LogP contribution in [-0.4, -0.2) is 34.8 Å². The fraction of sp³-hybridized carbons (Fsp3) is 0.318. The molecule has 1 saturated carbocycles. The van der Waals surface area contributed by atoms with E-state index < -0.39 is 6.04 Å². The number of anilines is 2. The van der Waals surface area contributed by atoms with Crippen LogP contribution in [-0.2, 0) is 20.8 Å². The molecular weight excluding hydrogens is 405 g/mol. The fourth-order valence-corrected chi connectivity index (χ4v) is 4.37. The van der Waals surface area contributed by atoms with Crippen molar-refractivity contribution in [2.45, 2.75) is 30.6 Å². The summed E-state index contributed by atoms with van der Waals surface area (Å²) in [4.78, 5) is 36.7. The average molecular weight is 428 g/mol. The summed E-state index contributed by atoms with van der Waals surface area (Å²) in [6, 6.07) is 12.4. The third-order valence-corrected chi connectivity index (χ3v) is 6.40. The lowest BCUT2D eigenvalue weighted by molar-refractivity contribution is -0.126. The van der Waals surface area contributed by atoms with Gasteiger partial charge in [-0.05, 0) is 61.2 Å². The van der Waals surface area contributed by atoms with Crippen LogP contribution in [0.15, 0.2) is 48.5 Å². The van der Waals surface area contributed by atoms with Gasteiger partial charge in [-0.25, -0.2) is 4.39 Å². The lowest BCUT2D eigenvalue weighted by atomic mass is 10.1. The number of hydrogen-bond acceptors (Lipinski definition) is 4. The first-order valence-electron chi connectivity index (χ1n) is 9.86. The molecular formula is C22H22FN3O3S. The lowest BCUT2D eigenvalue weighted by Gasteiger charge is -2.28. The lowest BCUT2D eigenvalue weighted by Crippen LogP contribution is -2.52.